The largest absolute Gasteiger partial charge is 0.304 e. The molecule has 2 rings (SSSR count). The number of nitrogens with zero attached hydrogens (tertiary/aromatic N) is 2. The monoisotopic (exact) mass is 373 g/mol. The molecule has 0 aromatic heterocycles. The molecule has 0 aliphatic carbocycles. The standard InChI is InChI=1S/C17H28ClN3O2S/c1-14(2)11-16(21-9-7-20(3)8-10-21)13-19-24(22,23)17-6-4-5-15(18)12-17/h4-6,12,14,16,19H,7-11,13H2,1-3H3. The molecule has 0 saturated carbocycles. The first-order valence-corrected chi connectivity index (χ1v) is 10.3. The Morgan fingerprint density at radius 1 is 1.21 bits per heavy atom. The molecule has 1 saturated heterocycles. The summed E-state index contributed by atoms with van der Waals surface area (Å²) in [5.41, 5.74) is 0. The maximum Gasteiger partial charge on any atom is 0.240 e. The number of sulfonamides is 1. The van der Waals surface area contributed by atoms with E-state index in [1.165, 1.54) is 6.07 Å². The number of halogens is 1. The van der Waals surface area contributed by atoms with E-state index in [0.717, 1.165) is 32.6 Å². The van der Waals surface area contributed by atoms with Crippen molar-refractivity contribution in [3.8, 4) is 0 Å². The van der Waals surface area contributed by atoms with Crippen LogP contribution in [0.15, 0.2) is 29.2 Å². The van der Waals surface area contributed by atoms with E-state index in [-0.39, 0.29) is 10.9 Å². The summed E-state index contributed by atoms with van der Waals surface area (Å²) in [5, 5.41) is 0.427. The number of nitrogens with one attached hydrogen (secondary N) is 1. The van der Waals surface area contributed by atoms with Gasteiger partial charge < -0.3 is 4.90 Å². The lowest BCUT2D eigenvalue weighted by atomic mass is 10.0. The molecule has 0 spiro atoms. The van der Waals surface area contributed by atoms with Crippen LogP contribution in [0.25, 0.3) is 0 Å². The Hall–Kier alpha value is -0.660. The van der Waals surface area contributed by atoms with Crippen LogP contribution in [-0.4, -0.2) is 64.0 Å². The van der Waals surface area contributed by atoms with Crippen LogP contribution in [0.1, 0.15) is 20.3 Å². The Kier molecular flexibility index (Phi) is 7.07. The van der Waals surface area contributed by atoms with Gasteiger partial charge in [-0.3, -0.25) is 4.90 Å². The zero-order valence-electron chi connectivity index (χ0n) is 14.7. The normalized spacial score (nSPS) is 18.9. The molecule has 136 valence electrons. The molecule has 0 radical (unpaired) electrons. The number of hydrogen-bond donors (Lipinski definition) is 1. The Morgan fingerprint density at radius 3 is 2.46 bits per heavy atom. The SMILES string of the molecule is CC(C)CC(CNS(=O)(=O)c1cccc(Cl)c1)N1CCN(C)CC1. The van der Waals surface area contributed by atoms with E-state index in [1.807, 2.05) is 0 Å². The Labute approximate surface area is 151 Å². The average molecular weight is 374 g/mol. The third-order valence-electron chi connectivity index (χ3n) is 4.41. The van der Waals surface area contributed by atoms with E-state index >= 15 is 0 Å². The molecule has 5 nitrogen and oxygen atoms in total. The van der Waals surface area contributed by atoms with Crippen molar-refractivity contribution in [3.63, 3.8) is 0 Å². The van der Waals surface area contributed by atoms with Gasteiger partial charge in [0.2, 0.25) is 10.0 Å². The molecule has 1 aromatic carbocycles. The molecule has 7 heteroatoms. The van der Waals surface area contributed by atoms with Crippen molar-refractivity contribution >= 4 is 21.6 Å². The summed E-state index contributed by atoms with van der Waals surface area (Å²) in [6.07, 6.45) is 0.974. The zero-order chi connectivity index (χ0) is 17.7. The minimum Gasteiger partial charge on any atom is -0.304 e. The van der Waals surface area contributed by atoms with Crippen molar-refractivity contribution < 1.29 is 8.42 Å². The molecular weight excluding hydrogens is 346 g/mol. The van der Waals surface area contributed by atoms with Crippen LogP contribution in [-0.2, 0) is 10.0 Å². The molecule has 1 aliphatic rings. The minimum atomic E-state index is -3.53. The fraction of sp³-hybridized carbons (Fsp3) is 0.647. The first-order valence-electron chi connectivity index (χ1n) is 8.46. The van der Waals surface area contributed by atoms with Gasteiger partial charge in [0, 0.05) is 43.8 Å². The zero-order valence-corrected chi connectivity index (χ0v) is 16.3. The highest BCUT2D eigenvalue weighted by Crippen LogP contribution is 2.17. The van der Waals surface area contributed by atoms with E-state index in [0.29, 0.717) is 17.5 Å². The maximum absolute atomic E-state index is 12.5. The molecule has 24 heavy (non-hydrogen) atoms. The van der Waals surface area contributed by atoms with Crippen LogP contribution in [0.3, 0.4) is 0 Å². The lowest BCUT2D eigenvalue weighted by molar-refractivity contribution is 0.102. The first-order chi connectivity index (χ1) is 11.3. The van der Waals surface area contributed by atoms with Crippen molar-refractivity contribution in [1.29, 1.82) is 0 Å². The van der Waals surface area contributed by atoms with Gasteiger partial charge >= 0.3 is 0 Å². The summed E-state index contributed by atoms with van der Waals surface area (Å²) in [6.45, 7) is 8.78. The summed E-state index contributed by atoms with van der Waals surface area (Å²) < 4.78 is 27.8. The van der Waals surface area contributed by atoms with Gasteiger partial charge in [0.1, 0.15) is 0 Å². The van der Waals surface area contributed by atoms with Crippen molar-refractivity contribution in [2.24, 2.45) is 5.92 Å². The molecule has 1 unspecified atom stereocenters. The molecule has 1 aromatic rings. The van der Waals surface area contributed by atoms with Gasteiger partial charge in [0.25, 0.3) is 0 Å². The lowest BCUT2D eigenvalue weighted by Crippen LogP contribution is -2.52. The molecule has 1 heterocycles. The fourth-order valence-electron chi connectivity index (χ4n) is 3.02. The van der Waals surface area contributed by atoms with Crippen molar-refractivity contribution in [2.75, 3.05) is 39.8 Å². The van der Waals surface area contributed by atoms with Crippen LogP contribution in [0.4, 0.5) is 0 Å². The van der Waals surface area contributed by atoms with E-state index in [2.05, 4.69) is 35.4 Å². The number of benzene rings is 1. The van der Waals surface area contributed by atoms with Gasteiger partial charge in [-0.1, -0.05) is 31.5 Å². The second-order valence-corrected chi connectivity index (χ2v) is 9.14. The maximum atomic E-state index is 12.5. The molecule has 1 N–H and O–H groups in total. The molecule has 1 fully saturated rings. The second kappa shape index (κ2) is 8.63. The molecule has 0 bridgehead atoms. The first kappa shape index (κ1) is 19.7. The van der Waals surface area contributed by atoms with Gasteiger partial charge in [0.15, 0.2) is 0 Å². The highest BCUT2D eigenvalue weighted by Gasteiger charge is 2.25. The number of likely N-dealkylation sites (N-methyl/N-ethyl adjacent to an activating group) is 1. The number of hydrogen-bond acceptors (Lipinski definition) is 4. The van der Waals surface area contributed by atoms with Gasteiger partial charge in [-0.15, -0.1) is 0 Å². The number of piperazine rings is 1. The molecular formula is C17H28ClN3O2S. The quantitative estimate of drug-likeness (QED) is 0.796. The summed E-state index contributed by atoms with van der Waals surface area (Å²) >= 11 is 5.91. The number of rotatable bonds is 7. The highest BCUT2D eigenvalue weighted by atomic mass is 35.5. The van der Waals surface area contributed by atoms with Crippen LogP contribution >= 0.6 is 11.6 Å². The van der Waals surface area contributed by atoms with Crippen LogP contribution in [0, 0.1) is 5.92 Å². The van der Waals surface area contributed by atoms with Crippen LogP contribution < -0.4 is 4.72 Å². The summed E-state index contributed by atoms with van der Waals surface area (Å²) in [7, 11) is -1.41. The van der Waals surface area contributed by atoms with Gasteiger partial charge in [0.05, 0.1) is 4.90 Å². The lowest BCUT2D eigenvalue weighted by Gasteiger charge is -2.38. The van der Waals surface area contributed by atoms with E-state index in [1.54, 1.807) is 18.2 Å². The Balaban J connectivity index is 2.04. The third kappa shape index (κ3) is 5.70. The second-order valence-electron chi connectivity index (χ2n) is 6.93. The van der Waals surface area contributed by atoms with Crippen LogP contribution in [0.5, 0.6) is 0 Å². The van der Waals surface area contributed by atoms with Gasteiger partial charge in [-0.2, -0.15) is 0 Å². The predicted octanol–water partition coefficient (Wildman–Crippen LogP) is 2.28. The summed E-state index contributed by atoms with van der Waals surface area (Å²) in [4.78, 5) is 4.93. The highest BCUT2D eigenvalue weighted by molar-refractivity contribution is 7.89. The van der Waals surface area contributed by atoms with E-state index < -0.39 is 10.0 Å². The molecule has 1 aliphatic heterocycles. The summed E-state index contributed by atoms with van der Waals surface area (Å²) in [6, 6.07) is 6.60. The van der Waals surface area contributed by atoms with Crippen molar-refractivity contribution in [3.05, 3.63) is 29.3 Å². The topological polar surface area (TPSA) is 52.7 Å². The average Bonchev–Trinajstić information content (AvgIpc) is 2.52. The van der Waals surface area contributed by atoms with E-state index in [4.69, 9.17) is 11.6 Å². The van der Waals surface area contributed by atoms with E-state index in [9.17, 15) is 8.42 Å². The third-order valence-corrected chi connectivity index (χ3v) is 6.07. The molecule has 1 atom stereocenters. The molecule has 0 amide bonds. The summed E-state index contributed by atoms with van der Waals surface area (Å²) in [5.74, 6) is 0.519. The van der Waals surface area contributed by atoms with Crippen molar-refractivity contribution in [2.45, 2.75) is 31.2 Å². The minimum absolute atomic E-state index is 0.215. The Bertz CT molecular complexity index is 628. The predicted molar refractivity (Wildman–Crippen MR) is 99.0 cm³/mol. The smallest absolute Gasteiger partial charge is 0.240 e. The fourth-order valence-corrected chi connectivity index (χ4v) is 4.39. The van der Waals surface area contributed by atoms with Gasteiger partial charge in [-0.05, 0) is 37.6 Å². The Morgan fingerprint density at radius 2 is 1.88 bits per heavy atom. The van der Waals surface area contributed by atoms with Gasteiger partial charge in [-0.25, -0.2) is 13.1 Å². The van der Waals surface area contributed by atoms with Crippen LogP contribution in [0.2, 0.25) is 5.02 Å². The van der Waals surface area contributed by atoms with Crippen molar-refractivity contribution in [1.82, 2.24) is 14.5 Å².